The van der Waals surface area contributed by atoms with E-state index < -0.39 is 5.97 Å². The van der Waals surface area contributed by atoms with Crippen molar-refractivity contribution >= 4 is 33.3 Å². The van der Waals surface area contributed by atoms with Crippen molar-refractivity contribution in [3.05, 3.63) is 16.3 Å². The molecule has 0 spiro atoms. The van der Waals surface area contributed by atoms with Crippen LogP contribution < -0.4 is 4.90 Å². The molecule has 22 heavy (non-hydrogen) atoms. The van der Waals surface area contributed by atoms with Crippen LogP contribution in [0.2, 0.25) is 0 Å². The van der Waals surface area contributed by atoms with Gasteiger partial charge in [-0.15, -0.1) is 11.3 Å². The number of hydrogen-bond donors (Lipinski definition) is 1. The lowest BCUT2D eigenvalue weighted by molar-refractivity contribution is -0.136. The van der Waals surface area contributed by atoms with E-state index in [-0.39, 0.29) is 6.42 Å². The molecule has 6 heteroatoms. The molecule has 1 N–H and O–H groups in total. The number of aryl methyl sites for hydroxylation is 2. The molecular formula is C16H19N3O2S. The fourth-order valence-corrected chi connectivity index (χ4v) is 4.56. The minimum atomic E-state index is -0.874. The maximum absolute atomic E-state index is 11.0. The Hall–Kier alpha value is -1.69. The first kappa shape index (κ1) is 13.9. The zero-order chi connectivity index (χ0) is 15.3. The van der Waals surface area contributed by atoms with Crippen molar-refractivity contribution in [3.63, 3.8) is 0 Å². The topological polar surface area (TPSA) is 66.3 Å². The summed E-state index contributed by atoms with van der Waals surface area (Å²) in [5.41, 5.74) is 1.41. The standard InChI is InChI=1S/C16H19N3O2S/c1-19(9-6-7-9)15-14-10-4-2-3-5-11(10)22-16(14)18-12(17-15)8-13(20)21/h9H,2-8H2,1H3,(H,20,21). The van der Waals surface area contributed by atoms with Gasteiger partial charge in [-0.25, -0.2) is 9.97 Å². The first-order chi connectivity index (χ1) is 10.6. The number of nitrogens with zero attached hydrogens (tertiary/aromatic N) is 3. The molecule has 1 saturated carbocycles. The van der Waals surface area contributed by atoms with E-state index in [1.165, 1.54) is 41.5 Å². The maximum Gasteiger partial charge on any atom is 0.311 e. The Labute approximate surface area is 133 Å². The van der Waals surface area contributed by atoms with Crippen LogP contribution >= 0.6 is 11.3 Å². The number of carboxylic acids is 1. The van der Waals surface area contributed by atoms with Gasteiger partial charge in [-0.05, 0) is 44.1 Å². The lowest BCUT2D eigenvalue weighted by Crippen LogP contribution is -2.22. The molecule has 0 aliphatic heterocycles. The maximum atomic E-state index is 11.0. The van der Waals surface area contributed by atoms with Crippen LogP contribution in [0.1, 0.15) is 41.9 Å². The van der Waals surface area contributed by atoms with Crippen LogP contribution in [0.5, 0.6) is 0 Å². The van der Waals surface area contributed by atoms with E-state index in [1.807, 2.05) is 0 Å². The minimum Gasteiger partial charge on any atom is -0.481 e. The van der Waals surface area contributed by atoms with Gasteiger partial charge < -0.3 is 10.0 Å². The molecule has 4 rings (SSSR count). The zero-order valence-corrected chi connectivity index (χ0v) is 13.4. The molecule has 0 atom stereocenters. The number of carbonyl (C=O) groups is 1. The van der Waals surface area contributed by atoms with Crippen molar-refractivity contribution in [2.24, 2.45) is 0 Å². The van der Waals surface area contributed by atoms with E-state index in [4.69, 9.17) is 5.11 Å². The zero-order valence-electron chi connectivity index (χ0n) is 12.6. The molecule has 2 aromatic rings. The molecule has 2 aliphatic carbocycles. The Morgan fingerprint density at radius 3 is 2.82 bits per heavy atom. The van der Waals surface area contributed by atoms with Crippen molar-refractivity contribution in [2.45, 2.75) is 51.0 Å². The molecule has 2 aromatic heterocycles. The van der Waals surface area contributed by atoms with Crippen molar-refractivity contribution < 1.29 is 9.90 Å². The summed E-state index contributed by atoms with van der Waals surface area (Å²) in [7, 11) is 2.08. The second-order valence-electron chi connectivity index (χ2n) is 6.27. The summed E-state index contributed by atoms with van der Waals surface area (Å²) in [4.78, 5) is 24.8. The molecule has 1 fully saturated rings. The predicted octanol–water partition coefficient (Wildman–Crippen LogP) is 2.80. The second-order valence-corrected chi connectivity index (χ2v) is 7.35. The minimum absolute atomic E-state index is 0.107. The van der Waals surface area contributed by atoms with Gasteiger partial charge in [-0.1, -0.05) is 0 Å². The molecular weight excluding hydrogens is 298 g/mol. The third-order valence-electron chi connectivity index (χ3n) is 4.58. The summed E-state index contributed by atoms with van der Waals surface area (Å²) in [5, 5.41) is 10.2. The van der Waals surface area contributed by atoms with E-state index in [1.54, 1.807) is 11.3 Å². The predicted molar refractivity (Wildman–Crippen MR) is 86.8 cm³/mol. The highest BCUT2D eigenvalue weighted by Crippen LogP contribution is 2.41. The average molecular weight is 317 g/mol. The van der Waals surface area contributed by atoms with Crippen LogP contribution in [0.3, 0.4) is 0 Å². The number of aliphatic carboxylic acids is 1. The molecule has 0 unspecified atom stereocenters. The lowest BCUT2D eigenvalue weighted by Gasteiger charge is -2.20. The van der Waals surface area contributed by atoms with Crippen LogP contribution in [-0.4, -0.2) is 34.1 Å². The molecule has 116 valence electrons. The molecule has 2 aliphatic rings. The molecule has 0 saturated heterocycles. The van der Waals surface area contributed by atoms with Crippen molar-refractivity contribution in [1.29, 1.82) is 0 Å². The highest BCUT2D eigenvalue weighted by atomic mass is 32.1. The molecule has 0 radical (unpaired) electrons. The van der Waals surface area contributed by atoms with Crippen LogP contribution in [0.25, 0.3) is 10.2 Å². The normalized spacial score (nSPS) is 17.5. The number of aromatic nitrogens is 2. The first-order valence-electron chi connectivity index (χ1n) is 7.89. The lowest BCUT2D eigenvalue weighted by atomic mass is 9.97. The first-order valence-corrected chi connectivity index (χ1v) is 8.71. The molecule has 0 aromatic carbocycles. The summed E-state index contributed by atoms with van der Waals surface area (Å²) in [6, 6.07) is 0.551. The van der Waals surface area contributed by atoms with Crippen LogP contribution in [0.15, 0.2) is 0 Å². The van der Waals surface area contributed by atoms with E-state index >= 15 is 0 Å². The van der Waals surface area contributed by atoms with Gasteiger partial charge in [0.05, 0.1) is 5.39 Å². The average Bonchev–Trinajstić information content (AvgIpc) is 3.26. The van der Waals surface area contributed by atoms with Crippen molar-refractivity contribution in [2.75, 3.05) is 11.9 Å². The fraction of sp³-hybridized carbons (Fsp3) is 0.562. The third-order valence-corrected chi connectivity index (χ3v) is 5.77. The Morgan fingerprint density at radius 1 is 1.32 bits per heavy atom. The van der Waals surface area contributed by atoms with Gasteiger partial charge in [0.15, 0.2) is 0 Å². The van der Waals surface area contributed by atoms with Crippen LogP contribution in [0.4, 0.5) is 5.82 Å². The van der Waals surface area contributed by atoms with E-state index in [9.17, 15) is 4.79 Å². The quantitative estimate of drug-likeness (QED) is 0.939. The summed E-state index contributed by atoms with van der Waals surface area (Å²) in [5.74, 6) is 0.505. The van der Waals surface area contributed by atoms with Gasteiger partial charge in [0, 0.05) is 18.0 Å². The molecule has 2 heterocycles. The van der Waals surface area contributed by atoms with Gasteiger partial charge in [0.25, 0.3) is 0 Å². The van der Waals surface area contributed by atoms with Crippen molar-refractivity contribution in [3.8, 4) is 0 Å². The number of carboxylic acid groups (broad SMARTS) is 1. The Kier molecular flexibility index (Phi) is 3.29. The van der Waals surface area contributed by atoms with E-state index in [0.29, 0.717) is 11.9 Å². The molecule has 0 amide bonds. The number of thiophene rings is 1. The van der Waals surface area contributed by atoms with E-state index in [0.717, 1.165) is 23.5 Å². The summed E-state index contributed by atoms with van der Waals surface area (Å²) < 4.78 is 0. The van der Waals surface area contributed by atoms with Gasteiger partial charge >= 0.3 is 5.97 Å². The van der Waals surface area contributed by atoms with Gasteiger partial charge in [0.2, 0.25) is 0 Å². The summed E-state index contributed by atoms with van der Waals surface area (Å²) in [6.45, 7) is 0. The smallest absolute Gasteiger partial charge is 0.311 e. The SMILES string of the molecule is CN(c1nc(CC(=O)O)nc2sc3c(c12)CCCC3)C1CC1. The number of rotatable bonds is 4. The van der Waals surface area contributed by atoms with Gasteiger partial charge in [-0.3, -0.25) is 4.79 Å². The fourth-order valence-electron chi connectivity index (χ4n) is 3.29. The Balaban J connectivity index is 1.90. The molecule has 5 nitrogen and oxygen atoms in total. The number of fused-ring (bicyclic) bond motifs is 3. The van der Waals surface area contributed by atoms with E-state index in [2.05, 4.69) is 21.9 Å². The second kappa shape index (κ2) is 5.19. The van der Waals surface area contributed by atoms with Crippen LogP contribution in [0, 0.1) is 0 Å². The van der Waals surface area contributed by atoms with Gasteiger partial charge in [0.1, 0.15) is 22.9 Å². The summed E-state index contributed by atoms with van der Waals surface area (Å²) >= 11 is 1.73. The highest BCUT2D eigenvalue weighted by Gasteiger charge is 2.31. The number of hydrogen-bond acceptors (Lipinski definition) is 5. The summed E-state index contributed by atoms with van der Waals surface area (Å²) in [6.07, 6.45) is 6.97. The highest BCUT2D eigenvalue weighted by molar-refractivity contribution is 7.19. The Bertz CT molecular complexity index is 751. The molecule has 0 bridgehead atoms. The van der Waals surface area contributed by atoms with Gasteiger partial charge in [-0.2, -0.15) is 0 Å². The monoisotopic (exact) mass is 317 g/mol. The third kappa shape index (κ3) is 2.35. The number of anilines is 1. The largest absolute Gasteiger partial charge is 0.481 e. The van der Waals surface area contributed by atoms with Crippen molar-refractivity contribution in [1.82, 2.24) is 9.97 Å². The van der Waals surface area contributed by atoms with Crippen LogP contribution in [-0.2, 0) is 24.1 Å². The Morgan fingerprint density at radius 2 is 2.09 bits per heavy atom.